The zero-order chi connectivity index (χ0) is 9.84. The third-order valence-electron chi connectivity index (χ3n) is 1.94. The van der Waals surface area contributed by atoms with Gasteiger partial charge in [0.25, 0.3) is 5.91 Å². The Hall–Kier alpha value is -1.51. The molecule has 13 heavy (non-hydrogen) atoms. The molecule has 0 aliphatic carbocycles. The maximum Gasteiger partial charge on any atom is 0.251 e. The van der Waals surface area contributed by atoms with Gasteiger partial charge in [-0.15, -0.1) is 0 Å². The topological polar surface area (TPSA) is 38.3 Å². The number of amides is 1. The van der Waals surface area contributed by atoms with Crippen LogP contribution < -0.4 is 5.32 Å². The molecule has 1 N–H and O–H groups in total. The molecule has 0 spiro atoms. The van der Waals surface area contributed by atoms with E-state index in [1.54, 1.807) is 19.3 Å². The van der Waals surface area contributed by atoms with Crippen molar-refractivity contribution in [2.45, 2.75) is 6.92 Å². The fourth-order valence-electron chi connectivity index (χ4n) is 1.13. The zero-order valence-electron chi connectivity index (χ0n) is 7.89. The molecule has 0 bridgehead atoms. The molecule has 0 aromatic heterocycles. The minimum Gasteiger partial charge on any atom is -0.497 e. The number of methoxy groups -OCH3 is 1. The number of hydrogen-bond donors (Lipinski definition) is 1. The average Bonchev–Trinajstić information content (AvgIpc) is 2.44. The van der Waals surface area contributed by atoms with E-state index in [1.807, 2.05) is 6.92 Å². The summed E-state index contributed by atoms with van der Waals surface area (Å²) in [5.41, 5.74) is 1.71. The van der Waals surface area contributed by atoms with Crippen LogP contribution >= 0.6 is 0 Å². The lowest BCUT2D eigenvalue weighted by Crippen LogP contribution is -2.16. The highest BCUT2D eigenvalue weighted by atomic mass is 16.5. The molecule has 1 aliphatic heterocycles. The molecule has 0 unspecified atom stereocenters. The maximum atomic E-state index is 11.2. The Morgan fingerprint density at radius 1 is 1.69 bits per heavy atom. The second-order valence-electron chi connectivity index (χ2n) is 2.83. The van der Waals surface area contributed by atoms with E-state index >= 15 is 0 Å². The molecule has 70 valence electrons. The second kappa shape index (κ2) is 3.94. The maximum absolute atomic E-state index is 11.2. The molecule has 3 nitrogen and oxygen atoms in total. The van der Waals surface area contributed by atoms with E-state index in [4.69, 9.17) is 4.74 Å². The number of allylic oxidation sites excluding steroid dienone is 1. The molecule has 0 aromatic carbocycles. The van der Waals surface area contributed by atoms with Gasteiger partial charge in [0, 0.05) is 12.1 Å². The lowest BCUT2D eigenvalue weighted by atomic mass is 10.1. The second-order valence-corrected chi connectivity index (χ2v) is 2.83. The zero-order valence-corrected chi connectivity index (χ0v) is 7.89. The minimum atomic E-state index is -0.0473. The van der Waals surface area contributed by atoms with Crippen LogP contribution in [0.5, 0.6) is 0 Å². The minimum absolute atomic E-state index is 0.0473. The van der Waals surface area contributed by atoms with Crippen molar-refractivity contribution in [3.8, 4) is 0 Å². The third kappa shape index (κ3) is 1.99. The summed E-state index contributed by atoms with van der Waals surface area (Å²) in [7, 11) is 1.55. The Kier molecular flexibility index (Phi) is 2.90. The third-order valence-corrected chi connectivity index (χ3v) is 1.94. The van der Waals surface area contributed by atoms with Crippen LogP contribution in [0.4, 0.5) is 0 Å². The molecular weight excluding hydrogens is 166 g/mol. The summed E-state index contributed by atoms with van der Waals surface area (Å²) < 4.78 is 4.99. The molecule has 3 heteroatoms. The summed E-state index contributed by atoms with van der Waals surface area (Å²) in [6.45, 7) is 6.12. The molecule has 0 aromatic rings. The van der Waals surface area contributed by atoms with Crippen molar-refractivity contribution >= 4 is 5.91 Å². The highest BCUT2D eigenvalue weighted by Gasteiger charge is 2.17. The number of nitrogens with one attached hydrogen (secondary N) is 1. The number of hydrogen-bond acceptors (Lipinski definition) is 2. The van der Waals surface area contributed by atoms with E-state index in [1.165, 1.54) is 0 Å². The highest BCUT2D eigenvalue weighted by molar-refractivity contribution is 5.99. The van der Waals surface area contributed by atoms with Crippen LogP contribution in [0.15, 0.2) is 35.6 Å². The summed E-state index contributed by atoms with van der Waals surface area (Å²) in [4.78, 5) is 11.2. The van der Waals surface area contributed by atoms with Gasteiger partial charge in [-0.05, 0) is 24.6 Å². The first kappa shape index (κ1) is 9.58. The van der Waals surface area contributed by atoms with E-state index < -0.39 is 0 Å². The number of carbonyl (C=O) groups excluding carboxylic acids is 1. The molecule has 1 heterocycles. The Bertz CT molecular complexity index is 300. The van der Waals surface area contributed by atoms with E-state index in [0.29, 0.717) is 17.9 Å². The molecule has 1 amide bonds. The summed E-state index contributed by atoms with van der Waals surface area (Å²) >= 11 is 0. The van der Waals surface area contributed by atoms with Gasteiger partial charge in [0.15, 0.2) is 0 Å². The van der Waals surface area contributed by atoms with Gasteiger partial charge in [-0.1, -0.05) is 6.58 Å². The highest BCUT2D eigenvalue weighted by Crippen LogP contribution is 2.14. The van der Waals surface area contributed by atoms with Crippen LogP contribution in [0.1, 0.15) is 6.92 Å². The molecule has 0 fully saturated rings. The molecule has 0 radical (unpaired) electrons. The van der Waals surface area contributed by atoms with Crippen LogP contribution in [0.3, 0.4) is 0 Å². The Balaban J connectivity index is 2.94. The lowest BCUT2D eigenvalue weighted by molar-refractivity contribution is -0.116. The Morgan fingerprint density at radius 2 is 2.38 bits per heavy atom. The van der Waals surface area contributed by atoms with Crippen molar-refractivity contribution in [3.05, 3.63) is 35.6 Å². The van der Waals surface area contributed by atoms with E-state index in [0.717, 1.165) is 5.57 Å². The van der Waals surface area contributed by atoms with E-state index in [2.05, 4.69) is 11.9 Å². The van der Waals surface area contributed by atoms with Gasteiger partial charge < -0.3 is 10.1 Å². The normalized spacial score (nSPS) is 17.4. The Morgan fingerprint density at radius 3 is 2.77 bits per heavy atom. The molecule has 0 saturated carbocycles. The summed E-state index contributed by atoms with van der Waals surface area (Å²) in [5.74, 6) is 0.556. The van der Waals surface area contributed by atoms with Crippen LogP contribution in [-0.2, 0) is 9.53 Å². The van der Waals surface area contributed by atoms with Gasteiger partial charge in [0.1, 0.15) is 5.76 Å². The first-order chi connectivity index (χ1) is 6.19. The average molecular weight is 179 g/mol. The van der Waals surface area contributed by atoms with Gasteiger partial charge >= 0.3 is 0 Å². The first-order valence-electron chi connectivity index (χ1n) is 4.05. The molecule has 1 rings (SSSR count). The van der Waals surface area contributed by atoms with Gasteiger partial charge in [0.05, 0.1) is 7.11 Å². The van der Waals surface area contributed by atoms with Crippen molar-refractivity contribution in [2.24, 2.45) is 0 Å². The van der Waals surface area contributed by atoms with Crippen LogP contribution in [0.25, 0.3) is 0 Å². The van der Waals surface area contributed by atoms with Crippen molar-refractivity contribution in [2.75, 3.05) is 13.7 Å². The lowest BCUT2D eigenvalue weighted by Gasteiger charge is -1.99. The van der Waals surface area contributed by atoms with Gasteiger partial charge in [-0.25, -0.2) is 0 Å². The summed E-state index contributed by atoms with van der Waals surface area (Å²) in [6.07, 6.45) is 3.27. The van der Waals surface area contributed by atoms with Gasteiger partial charge in [-0.2, -0.15) is 0 Å². The molecular formula is C10H13NO2. The molecule has 1 aliphatic rings. The molecule has 0 saturated heterocycles. The number of ether oxygens (including phenoxy) is 1. The van der Waals surface area contributed by atoms with Gasteiger partial charge in [0.2, 0.25) is 0 Å². The quantitative estimate of drug-likeness (QED) is 0.521. The standard InChI is InChI=1S/C10H13NO2/c1-4-8(13-3)5-9-7(2)6-11-10(9)12/h4-5H,1,6H2,2-3H3,(H,11,12)/b8-5+. The first-order valence-corrected chi connectivity index (χ1v) is 4.05. The largest absolute Gasteiger partial charge is 0.497 e. The van der Waals surface area contributed by atoms with Crippen LogP contribution in [0, 0.1) is 0 Å². The van der Waals surface area contributed by atoms with Crippen molar-refractivity contribution in [1.82, 2.24) is 5.32 Å². The van der Waals surface area contributed by atoms with Crippen LogP contribution in [0.2, 0.25) is 0 Å². The number of rotatable bonds is 3. The van der Waals surface area contributed by atoms with Crippen molar-refractivity contribution < 1.29 is 9.53 Å². The van der Waals surface area contributed by atoms with Gasteiger partial charge in [-0.3, -0.25) is 4.79 Å². The van der Waals surface area contributed by atoms with E-state index in [9.17, 15) is 4.79 Å². The summed E-state index contributed by atoms with van der Waals surface area (Å²) in [6, 6.07) is 0. The summed E-state index contributed by atoms with van der Waals surface area (Å²) in [5, 5.41) is 2.73. The predicted molar refractivity (Wildman–Crippen MR) is 51.0 cm³/mol. The van der Waals surface area contributed by atoms with E-state index in [-0.39, 0.29) is 5.91 Å². The fraction of sp³-hybridized carbons (Fsp3) is 0.300. The van der Waals surface area contributed by atoms with Crippen LogP contribution in [-0.4, -0.2) is 19.6 Å². The fourth-order valence-corrected chi connectivity index (χ4v) is 1.13. The molecule has 0 atom stereocenters. The monoisotopic (exact) mass is 179 g/mol. The van der Waals surface area contributed by atoms with Crippen molar-refractivity contribution in [1.29, 1.82) is 0 Å². The Labute approximate surface area is 77.8 Å². The SMILES string of the molecule is C=C/C(=C\C1=C(C)CNC1=O)OC. The number of carbonyl (C=O) groups is 1. The smallest absolute Gasteiger partial charge is 0.251 e. The van der Waals surface area contributed by atoms with Crippen molar-refractivity contribution in [3.63, 3.8) is 0 Å². The predicted octanol–water partition coefficient (Wildman–Crippen LogP) is 1.15.